The fourth-order valence-corrected chi connectivity index (χ4v) is 1.57. The van der Waals surface area contributed by atoms with Crippen molar-refractivity contribution >= 4 is 11.6 Å². The largest absolute Gasteiger partial charge is 0.378 e. The first-order valence-electron chi connectivity index (χ1n) is 5.88. The molecule has 1 aliphatic rings. The molecule has 4 nitrogen and oxygen atoms in total. The second-order valence-electron chi connectivity index (χ2n) is 3.58. The number of halogens is 1. The van der Waals surface area contributed by atoms with Gasteiger partial charge in [0.2, 0.25) is 0 Å². The third-order valence-corrected chi connectivity index (χ3v) is 2.42. The van der Waals surface area contributed by atoms with E-state index >= 15 is 0 Å². The number of ether oxygens (including phenoxy) is 4. The van der Waals surface area contributed by atoms with Gasteiger partial charge in [0.05, 0.1) is 33.0 Å². The molecule has 1 atom stereocenters. The summed E-state index contributed by atoms with van der Waals surface area (Å²) < 4.78 is 21.4. The van der Waals surface area contributed by atoms with Crippen LogP contribution >= 0.6 is 11.6 Å². The summed E-state index contributed by atoms with van der Waals surface area (Å²) in [6.07, 6.45) is 3.31. The van der Waals surface area contributed by atoms with Gasteiger partial charge in [-0.1, -0.05) is 0 Å². The third kappa shape index (κ3) is 7.41. The van der Waals surface area contributed by atoms with Crippen LogP contribution in [0.2, 0.25) is 0 Å². The second kappa shape index (κ2) is 10.3. The second-order valence-corrected chi connectivity index (χ2v) is 3.96. The van der Waals surface area contributed by atoms with Crippen LogP contribution in [0, 0.1) is 0 Å². The molecular weight excluding hydrogens is 232 g/mol. The molecule has 1 rings (SSSR count). The summed E-state index contributed by atoms with van der Waals surface area (Å²) in [6, 6.07) is 0. The zero-order valence-corrected chi connectivity index (χ0v) is 10.4. The van der Waals surface area contributed by atoms with E-state index in [2.05, 4.69) is 0 Å². The monoisotopic (exact) mass is 252 g/mol. The summed E-state index contributed by atoms with van der Waals surface area (Å²) in [7, 11) is 0. The van der Waals surface area contributed by atoms with Crippen molar-refractivity contribution in [2.45, 2.75) is 25.6 Å². The van der Waals surface area contributed by atoms with Crippen molar-refractivity contribution in [3.63, 3.8) is 0 Å². The Balaban J connectivity index is 1.77. The van der Waals surface area contributed by atoms with E-state index in [-0.39, 0.29) is 6.29 Å². The molecule has 1 aliphatic heterocycles. The Morgan fingerprint density at radius 2 is 1.75 bits per heavy atom. The van der Waals surface area contributed by atoms with Gasteiger partial charge in [-0.05, 0) is 19.3 Å². The van der Waals surface area contributed by atoms with E-state index in [0.29, 0.717) is 38.9 Å². The highest BCUT2D eigenvalue weighted by Gasteiger charge is 2.13. The van der Waals surface area contributed by atoms with Crippen molar-refractivity contribution in [3.8, 4) is 0 Å². The molecule has 0 spiro atoms. The molecule has 1 unspecified atom stereocenters. The molecule has 96 valence electrons. The quantitative estimate of drug-likeness (QED) is 0.463. The van der Waals surface area contributed by atoms with E-state index in [4.69, 9.17) is 30.5 Å². The standard InChI is InChI=1S/C11H21ClO4/c12-4-6-13-7-8-14-9-10-16-11-3-1-2-5-15-11/h11H,1-10H2. The molecule has 0 saturated carbocycles. The Morgan fingerprint density at radius 1 is 1.00 bits per heavy atom. The predicted octanol–water partition coefficient (Wildman–Crippen LogP) is 1.80. The van der Waals surface area contributed by atoms with Crippen LogP contribution in [0.5, 0.6) is 0 Å². The van der Waals surface area contributed by atoms with Gasteiger partial charge in [0.25, 0.3) is 0 Å². The van der Waals surface area contributed by atoms with E-state index in [1.807, 2.05) is 0 Å². The van der Waals surface area contributed by atoms with Crippen LogP contribution in [0.4, 0.5) is 0 Å². The molecular formula is C11H21ClO4. The van der Waals surface area contributed by atoms with Gasteiger partial charge in [0, 0.05) is 12.5 Å². The molecule has 0 aromatic carbocycles. The molecule has 0 aliphatic carbocycles. The van der Waals surface area contributed by atoms with Gasteiger partial charge in [-0.3, -0.25) is 0 Å². The van der Waals surface area contributed by atoms with E-state index in [9.17, 15) is 0 Å². The van der Waals surface area contributed by atoms with E-state index in [1.54, 1.807) is 0 Å². The lowest BCUT2D eigenvalue weighted by atomic mass is 10.2. The summed E-state index contributed by atoms with van der Waals surface area (Å²) in [6.45, 7) is 3.75. The molecule has 5 heteroatoms. The number of rotatable bonds is 9. The molecule has 0 aromatic rings. The Hall–Kier alpha value is 0.130. The Morgan fingerprint density at radius 3 is 2.44 bits per heavy atom. The fraction of sp³-hybridized carbons (Fsp3) is 1.00. The smallest absolute Gasteiger partial charge is 0.157 e. The van der Waals surface area contributed by atoms with Crippen LogP contribution in [0.1, 0.15) is 19.3 Å². The van der Waals surface area contributed by atoms with Gasteiger partial charge in [0.1, 0.15) is 0 Å². The van der Waals surface area contributed by atoms with Crippen molar-refractivity contribution in [1.29, 1.82) is 0 Å². The van der Waals surface area contributed by atoms with Crippen LogP contribution < -0.4 is 0 Å². The highest BCUT2D eigenvalue weighted by Crippen LogP contribution is 2.13. The first kappa shape index (κ1) is 14.2. The summed E-state index contributed by atoms with van der Waals surface area (Å²) in [5.74, 6) is 0.530. The zero-order chi connectivity index (χ0) is 11.5. The Bertz CT molecular complexity index is 151. The van der Waals surface area contributed by atoms with Crippen LogP contribution in [-0.2, 0) is 18.9 Å². The maximum absolute atomic E-state index is 5.50. The first-order valence-corrected chi connectivity index (χ1v) is 6.41. The fourth-order valence-electron chi connectivity index (χ4n) is 1.46. The molecule has 0 radical (unpaired) electrons. The number of hydrogen-bond acceptors (Lipinski definition) is 4. The van der Waals surface area contributed by atoms with E-state index in [0.717, 1.165) is 19.4 Å². The molecule has 1 heterocycles. The Labute approximate surface area is 102 Å². The van der Waals surface area contributed by atoms with E-state index < -0.39 is 0 Å². The van der Waals surface area contributed by atoms with Crippen molar-refractivity contribution in [2.75, 3.05) is 45.5 Å². The predicted molar refractivity (Wildman–Crippen MR) is 61.9 cm³/mol. The lowest BCUT2D eigenvalue weighted by Crippen LogP contribution is -2.24. The minimum Gasteiger partial charge on any atom is -0.378 e. The van der Waals surface area contributed by atoms with Gasteiger partial charge in [-0.25, -0.2) is 0 Å². The number of alkyl halides is 1. The summed E-state index contributed by atoms with van der Waals surface area (Å²) >= 11 is 5.45. The van der Waals surface area contributed by atoms with Crippen molar-refractivity contribution in [2.24, 2.45) is 0 Å². The molecule has 0 aromatic heterocycles. The SMILES string of the molecule is ClCCOCCOCCOC1CCCCO1. The normalized spacial score (nSPS) is 21.2. The maximum atomic E-state index is 5.50. The lowest BCUT2D eigenvalue weighted by Gasteiger charge is -2.22. The van der Waals surface area contributed by atoms with Gasteiger partial charge in [-0.15, -0.1) is 11.6 Å². The summed E-state index contributed by atoms with van der Waals surface area (Å²) in [5.41, 5.74) is 0. The molecule has 0 N–H and O–H groups in total. The van der Waals surface area contributed by atoms with Gasteiger partial charge in [-0.2, -0.15) is 0 Å². The third-order valence-electron chi connectivity index (χ3n) is 2.26. The molecule has 1 saturated heterocycles. The topological polar surface area (TPSA) is 36.9 Å². The van der Waals surface area contributed by atoms with Gasteiger partial charge in [0.15, 0.2) is 6.29 Å². The molecule has 0 bridgehead atoms. The highest BCUT2D eigenvalue weighted by atomic mass is 35.5. The van der Waals surface area contributed by atoms with Crippen LogP contribution in [0.3, 0.4) is 0 Å². The van der Waals surface area contributed by atoms with Crippen LogP contribution in [-0.4, -0.2) is 51.8 Å². The van der Waals surface area contributed by atoms with E-state index in [1.165, 1.54) is 6.42 Å². The molecule has 16 heavy (non-hydrogen) atoms. The van der Waals surface area contributed by atoms with Crippen molar-refractivity contribution < 1.29 is 18.9 Å². The minimum atomic E-state index is -0.0233. The average Bonchev–Trinajstić information content (AvgIpc) is 2.34. The minimum absolute atomic E-state index is 0.0233. The average molecular weight is 253 g/mol. The zero-order valence-electron chi connectivity index (χ0n) is 9.66. The van der Waals surface area contributed by atoms with Crippen LogP contribution in [0.15, 0.2) is 0 Å². The van der Waals surface area contributed by atoms with Gasteiger partial charge < -0.3 is 18.9 Å². The van der Waals surface area contributed by atoms with Crippen molar-refractivity contribution in [3.05, 3.63) is 0 Å². The lowest BCUT2D eigenvalue weighted by molar-refractivity contribution is -0.169. The first-order chi connectivity index (χ1) is 7.93. The summed E-state index contributed by atoms with van der Waals surface area (Å²) in [5, 5.41) is 0. The summed E-state index contributed by atoms with van der Waals surface area (Å²) in [4.78, 5) is 0. The van der Waals surface area contributed by atoms with Crippen LogP contribution in [0.25, 0.3) is 0 Å². The maximum Gasteiger partial charge on any atom is 0.157 e. The van der Waals surface area contributed by atoms with Gasteiger partial charge >= 0.3 is 0 Å². The Kier molecular flexibility index (Phi) is 9.13. The molecule has 0 amide bonds. The highest BCUT2D eigenvalue weighted by molar-refractivity contribution is 6.17. The van der Waals surface area contributed by atoms with Crippen molar-refractivity contribution in [1.82, 2.24) is 0 Å². The molecule has 1 fully saturated rings. The number of hydrogen-bond donors (Lipinski definition) is 0.